The van der Waals surface area contributed by atoms with Crippen molar-refractivity contribution >= 4 is 81.3 Å². The number of fused-ring (bicyclic) bond motifs is 7. The van der Waals surface area contributed by atoms with Crippen molar-refractivity contribution in [2.45, 2.75) is 0 Å². The van der Waals surface area contributed by atoms with Crippen LogP contribution in [-0.4, -0.2) is 0 Å². The molecule has 11 rings (SSSR count). The normalized spacial score (nSPS) is 11.6. The molecule has 0 fully saturated rings. The van der Waals surface area contributed by atoms with E-state index in [9.17, 15) is 0 Å². The van der Waals surface area contributed by atoms with Gasteiger partial charge in [0, 0.05) is 48.0 Å². The van der Waals surface area contributed by atoms with Crippen LogP contribution in [0, 0.1) is 0 Å². The highest BCUT2D eigenvalue weighted by Crippen LogP contribution is 2.43. The molecular weight excluding hydrogens is 687 g/mol. The van der Waals surface area contributed by atoms with Gasteiger partial charge in [-0.1, -0.05) is 127 Å². The Kier molecular flexibility index (Phi) is 7.39. The lowest BCUT2D eigenvalue weighted by atomic mass is 9.96. The van der Waals surface area contributed by atoms with Crippen molar-refractivity contribution in [3.05, 3.63) is 200 Å². The Morgan fingerprint density at radius 2 is 0.855 bits per heavy atom. The maximum absolute atomic E-state index is 6.22. The molecule has 0 aliphatic rings. The quantitative estimate of drug-likeness (QED) is 0.170. The van der Waals surface area contributed by atoms with Gasteiger partial charge < -0.3 is 9.32 Å². The second kappa shape index (κ2) is 12.9. The summed E-state index contributed by atoms with van der Waals surface area (Å²) in [6.07, 6.45) is 0. The smallest absolute Gasteiger partial charge is 0.135 e. The first kappa shape index (κ1) is 31.6. The minimum atomic E-state index is 0.892. The highest BCUT2D eigenvalue weighted by Gasteiger charge is 2.17. The van der Waals surface area contributed by atoms with Gasteiger partial charge in [0.15, 0.2) is 0 Å². The number of thiophene rings is 1. The lowest BCUT2D eigenvalue weighted by molar-refractivity contribution is 0.669. The molecule has 2 heterocycles. The average Bonchev–Trinajstić information content (AvgIpc) is 3.82. The maximum atomic E-state index is 6.22. The van der Waals surface area contributed by atoms with E-state index in [1.807, 2.05) is 23.5 Å². The van der Waals surface area contributed by atoms with Crippen molar-refractivity contribution in [1.29, 1.82) is 0 Å². The molecule has 258 valence electrons. The summed E-state index contributed by atoms with van der Waals surface area (Å²) in [5.74, 6) is 0. The second-order valence-corrected chi connectivity index (χ2v) is 15.2. The second-order valence-electron chi connectivity index (χ2n) is 14.2. The van der Waals surface area contributed by atoms with Crippen LogP contribution in [0.3, 0.4) is 0 Å². The molecule has 55 heavy (non-hydrogen) atoms. The third kappa shape index (κ3) is 5.56. The topological polar surface area (TPSA) is 16.4 Å². The summed E-state index contributed by atoms with van der Waals surface area (Å²) in [4.78, 5) is 2.36. The number of furan rings is 1. The molecule has 9 aromatic carbocycles. The molecule has 0 atom stereocenters. The van der Waals surface area contributed by atoms with E-state index < -0.39 is 0 Å². The van der Waals surface area contributed by atoms with Crippen molar-refractivity contribution in [3.8, 4) is 33.4 Å². The molecule has 11 aromatic rings. The molecule has 2 aromatic heterocycles. The monoisotopic (exact) mass is 719 g/mol. The van der Waals surface area contributed by atoms with Crippen molar-refractivity contribution in [2.24, 2.45) is 0 Å². The summed E-state index contributed by atoms with van der Waals surface area (Å²) in [5, 5.41) is 7.32. The average molecular weight is 720 g/mol. The first-order valence-corrected chi connectivity index (χ1v) is 19.5. The van der Waals surface area contributed by atoms with Crippen LogP contribution in [0.15, 0.2) is 205 Å². The van der Waals surface area contributed by atoms with Gasteiger partial charge in [0.1, 0.15) is 11.2 Å². The molecule has 2 nitrogen and oxygen atoms in total. The fourth-order valence-electron chi connectivity index (χ4n) is 8.06. The van der Waals surface area contributed by atoms with E-state index in [4.69, 9.17) is 4.42 Å². The standard InChI is InChI=1S/C52H33NOS/c1-2-9-38-31-41(21-20-34(38)8-1)40-11-7-10-39(30-40)37-18-16-35(17-19-37)36-22-24-42(25-23-36)53(43-26-28-50-47(32-43)45-12-3-5-14-49(45)54-50)44-27-29-52-48(33-44)46-13-4-6-15-51(46)55-52/h1-33H. The van der Waals surface area contributed by atoms with Crippen molar-refractivity contribution < 1.29 is 4.42 Å². The zero-order valence-corrected chi connectivity index (χ0v) is 30.6. The minimum absolute atomic E-state index is 0.892. The predicted molar refractivity (Wildman–Crippen MR) is 235 cm³/mol. The zero-order chi connectivity index (χ0) is 36.3. The number of rotatable bonds is 6. The largest absolute Gasteiger partial charge is 0.456 e. The van der Waals surface area contributed by atoms with Gasteiger partial charge in [-0.2, -0.15) is 0 Å². The fourth-order valence-corrected chi connectivity index (χ4v) is 9.15. The van der Waals surface area contributed by atoms with Crippen LogP contribution < -0.4 is 4.90 Å². The lowest BCUT2D eigenvalue weighted by Crippen LogP contribution is -2.09. The summed E-state index contributed by atoms with van der Waals surface area (Å²) in [5.41, 5.74) is 12.3. The Labute approximate surface area is 322 Å². The van der Waals surface area contributed by atoms with Crippen LogP contribution in [0.5, 0.6) is 0 Å². The Hall–Kier alpha value is -6.94. The van der Waals surface area contributed by atoms with Gasteiger partial charge in [-0.15, -0.1) is 11.3 Å². The number of hydrogen-bond acceptors (Lipinski definition) is 3. The maximum Gasteiger partial charge on any atom is 0.135 e. The third-order valence-electron chi connectivity index (χ3n) is 10.9. The van der Waals surface area contributed by atoms with E-state index >= 15 is 0 Å². The summed E-state index contributed by atoms with van der Waals surface area (Å²) in [6, 6.07) is 72.3. The van der Waals surface area contributed by atoms with Gasteiger partial charge in [-0.05, 0) is 117 Å². The van der Waals surface area contributed by atoms with E-state index in [1.165, 1.54) is 64.3 Å². The predicted octanol–water partition coefficient (Wildman–Crippen LogP) is 15.6. The third-order valence-corrected chi connectivity index (χ3v) is 12.0. The van der Waals surface area contributed by atoms with Crippen LogP contribution in [0.25, 0.3) is 86.3 Å². The number of para-hydroxylation sites is 1. The Balaban J connectivity index is 0.947. The van der Waals surface area contributed by atoms with Crippen LogP contribution >= 0.6 is 11.3 Å². The van der Waals surface area contributed by atoms with Crippen molar-refractivity contribution in [3.63, 3.8) is 0 Å². The molecule has 0 saturated carbocycles. The molecule has 0 bridgehead atoms. The zero-order valence-electron chi connectivity index (χ0n) is 29.8. The van der Waals surface area contributed by atoms with E-state index in [1.54, 1.807) is 0 Å². The highest BCUT2D eigenvalue weighted by atomic mass is 32.1. The van der Waals surface area contributed by atoms with Crippen molar-refractivity contribution in [1.82, 2.24) is 0 Å². The summed E-state index contributed by atoms with van der Waals surface area (Å²) >= 11 is 1.85. The number of anilines is 3. The number of benzene rings is 9. The molecule has 3 heteroatoms. The van der Waals surface area contributed by atoms with E-state index in [0.717, 1.165) is 39.0 Å². The van der Waals surface area contributed by atoms with Crippen LogP contribution in [0.1, 0.15) is 0 Å². The lowest BCUT2D eigenvalue weighted by Gasteiger charge is -2.26. The number of nitrogens with zero attached hydrogens (tertiary/aromatic N) is 1. The van der Waals surface area contributed by atoms with Gasteiger partial charge in [-0.25, -0.2) is 0 Å². The molecular formula is C52H33NOS. The van der Waals surface area contributed by atoms with E-state index in [0.29, 0.717) is 0 Å². The minimum Gasteiger partial charge on any atom is -0.456 e. The van der Waals surface area contributed by atoms with Crippen LogP contribution in [-0.2, 0) is 0 Å². The number of hydrogen-bond donors (Lipinski definition) is 0. The van der Waals surface area contributed by atoms with Gasteiger partial charge in [0.25, 0.3) is 0 Å². The molecule has 0 aliphatic carbocycles. The molecule has 0 spiro atoms. The Bertz CT molecular complexity index is 3090. The molecule has 0 unspecified atom stereocenters. The summed E-state index contributed by atoms with van der Waals surface area (Å²) in [6.45, 7) is 0. The fraction of sp³-hybridized carbons (Fsp3) is 0. The molecule has 0 radical (unpaired) electrons. The van der Waals surface area contributed by atoms with Crippen molar-refractivity contribution in [2.75, 3.05) is 4.90 Å². The van der Waals surface area contributed by atoms with Gasteiger partial charge >= 0.3 is 0 Å². The Morgan fingerprint density at radius 1 is 0.309 bits per heavy atom. The SMILES string of the molecule is c1cc(-c2ccc(-c3ccc(N(c4ccc5oc6ccccc6c5c4)c4ccc5sc6ccccc6c5c4)cc3)cc2)cc(-c2ccc3ccccc3c2)c1. The van der Waals surface area contributed by atoms with Gasteiger partial charge in [0.2, 0.25) is 0 Å². The van der Waals surface area contributed by atoms with E-state index in [-0.39, 0.29) is 0 Å². The van der Waals surface area contributed by atoms with Gasteiger partial charge in [0.05, 0.1) is 0 Å². The molecule has 0 saturated heterocycles. The molecule has 0 amide bonds. The van der Waals surface area contributed by atoms with Gasteiger partial charge in [-0.3, -0.25) is 0 Å². The van der Waals surface area contributed by atoms with E-state index in [2.05, 4.69) is 193 Å². The summed E-state index contributed by atoms with van der Waals surface area (Å²) in [7, 11) is 0. The molecule has 0 aliphatic heterocycles. The van der Waals surface area contributed by atoms with Crippen LogP contribution in [0.4, 0.5) is 17.1 Å². The van der Waals surface area contributed by atoms with Crippen LogP contribution in [0.2, 0.25) is 0 Å². The Morgan fingerprint density at radius 3 is 1.67 bits per heavy atom. The first-order chi connectivity index (χ1) is 27.2. The first-order valence-electron chi connectivity index (χ1n) is 18.6. The highest BCUT2D eigenvalue weighted by molar-refractivity contribution is 7.25. The molecule has 0 N–H and O–H groups in total. The summed E-state index contributed by atoms with van der Waals surface area (Å²) < 4.78 is 8.82.